The molecule has 0 aromatic rings. The van der Waals surface area contributed by atoms with E-state index < -0.39 is 0 Å². The van der Waals surface area contributed by atoms with Crippen LogP contribution in [0.5, 0.6) is 0 Å². The monoisotopic (exact) mass is 419 g/mol. The maximum atomic E-state index is 0. The van der Waals surface area contributed by atoms with E-state index in [1.165, 1.54) is 0 Å². The second-order valence-corrected chi connectivity index (χ2v) is 0. The Hall–Kier alpha value is 3.78. The normalized spacial score (nSPS) is 0. The standard InChI is InChI=1S/3ClH.Eu.Gd/h3*1H;;. The van der Waals surface area contributed by atoms with E-state index in [1.54, 1.807) is 0 Å². The fraction of sp³-hybridized carbons (Fsp3) is 0. The zero-order valence-corrected chi connectivity index (χ0v) is 9.10. The molecule has 0 unspecified atom stereocenters. The molecule has 0 spiro atoms. The van der Waals surface area contributed by atoms with E-state index in [0.29, 0.717) is 0 Å². The Morgan fingerprint density at radius 3 is 0.600 bits per heavy atom. The quantitative estimate of drug-likeness (QED) is 0.556. The van der Waals surface area contributed by atoms with Gasteiger partial charge in [-0.05, 0) is 0 Å². The van der Waals surface area contributed by atoms with E-state index in [0.717, 1.165) is 0 Å². The van der Waals surface area contributed by atoms with Gasteiger partial charge < -0.3 is 0 Å². The van der Waals surface area contributed by atoms with Gasteiger partial charge in [0.2, 0.25) is 0 Å². The third-order valence-corrected chi connectivity index (χ3v) is 0. The molecule has 0 heterocycles. The Balaban J connectivity index is 0. The molecule has 5 heteroatoms. The van der Waals surface area contributed by atoms with Gasteiger partial charge in [0.1, 0.15) is 0 Å². The third-order valence-electron chi connectivity index (χ3n) is 0. The summed E-state index contributed by atoms with van der Waals surface area (Å²) < 4.78 is 0. The van der Waals surface area contributed by atoms with Crippen molar-refractivity contribution in [3.8, 4) is 0 Å². The summed E-state index contributed by atoms with van der Waals surface area (Å²) >= 11 is 0. The molecule has 0 saturated carbocycles. The van der Waals surface area contributed by atoms with Crippen LogP contribution in [0.3, 0.4) is 0 Å². The molecule has 39 valence electrons. The predicted octanol–water partition coefficient (Wildman–Crippen LogP) is 1.27. The van der Waals surface area contributed by atoms with Crippen molar-refractivity contribution in [1.29, 1.82) is 0 Å². The zero-order chi connectivity index (χ0) is 0. The van der Waals surface area contributed by atoms with Crippen molar-refractivity contribution in [1.82, 2.24) is 0 Å². The van der Waals surface area contributed by atoms with Crippen LogP contribution in [0.15, 0.2) is 0 Å². The molecule has 0 atom stereocenters. The van der Waals surface area contributed by atoms with Crippen LogP contribution in [0.25, 0.3) is 0 Å². The van der Waals surface area contributed by atoms with Crippen molar-refractivity contribution >= 4 is 37.2 Å². The number of rotatable bonds is 0. The Morgan fingerprint density at radius 2 is 0.600 bits per heavy atom. The molecule has 1 radical (unpaired) electrons. The summed E-state index contributed by atoms with van der Waals surface area (Å²) in [7, 11) is 0. The van der Waals surface area contributed by atoms with Gasteiger partial charge in [-0.15, -0.1) is 37.2 Å². The molecule has 0 rings (SSSR count). The number of hydrogen-bond acceptors (Lipinski definition) is 0. The second-order valence-electron chi connectivity index (χ2n) is 0. The predicted molar refractivity (Wildman–Crippen MR) is 21.7 cm³/mol. The van der Waals surface area contributed by atoms with E-state index in [1.807, 2.05) is 0 Å². The smallest absolute Gasteiger partial charge is 0 e. The van der Waals surface area contributed by atoms with E-state index in [9.17, 15) is 0 Å². The Labute approximate surface area is 123 Å². The summed E-state index contributed by atoms with van der Waals surface area (Å²) in [6, 6.07) is 0. The summed E-state index contributed by atoms with van der Waals surface area (Å²) in [5, 5.41) is 0. The van der Waals surface area contributed by atoms with Gasteiger partial charge in [0.15, 0.2) is 0 Å². The van der Waals surface area contributed by atoms with Crippen LogP contribution >= 0.6 is 37.2 Å². The summed E-state index contributed by atoms with van der Waals surface area (Å²) in [6.45, 7) is 0. The first-order valence-corrected chi connectivity index (χ1v) is 0. The first-order chi connectivity index (χ1) is 0. The van der Waals surface area contributed by atoms with Gasteiger partial charge in [0.25, 0.3) is 0 Å². The largest absolute Gasteiger partial charge is 0.147 e. The first-order valence-electron chi connectivity index (χ1n) is 0. The van der Waals surface area contributed by atoms with Crippen molar-refractivity contribution in [2.24, 2.45) is 0 Å². The molecule has 0 amide bonds. The molecule has 0 nitrogen and oxygen atoms in total. The summed E-state index contributed by atoms with van der Waals surface area (Å²) in [6.07, 6.45) is 0. The van der Waals surface area contributed by atoms with Crippen LogP contribution < -0.4 is 0 Å². The number of hydrogen-bond donors (Lipinski definition) is 0. The average molecular weight is 419 g/mol. The minimum absolute atomic E-state index is 0. The maximum Gasteiger partial charge on any atom is 0 e. The zero-order valence-electron chi connectivity index (χ0n) is 1.96. The third kappa shape index (κ3) is 18.2. The van der Waals surface area contributed by atoms with Crippen LogP contribution in [0.4, 0.5) is 0 Å². The molecule has 0 aliphatic heterocycles. The average Bonchev–Trinajstić information content (AvgIpc) is 0. The Bertz CT molecular complexity index is 6.85. The molecule has 5 heavy (non-hydrogen) atoms. The summed E-state index contributed by atoms with van der Waals surface area (Å²) in [5.74, 6) is 0. The molecule has 0 aromatic carbocycles. The van der Waals surface area contributed by atoms with E-state index in [-0.39, 0.29) is 127 Å². The van der Waals surface area contributed by atoms with Crippen molar-refractivity contribution in [2.45, 2.75) is 0 Å². The van der Waals surface area contributed by atoms with Crippen LogP contribution in [0.2, 0.25) is 0 Å². The molecule has 0 bridgehead atoms. The molecule has 0 aliphatic carbocycles. The van der Waals surface area contributed by atoms with Gasteiger partial charge in [0, 0.05) is 89.3 Å². The fourth-order valence-electron chi connectivity index (χ4n) is 0. The van der Waals surface area contributed by atoms with Crippen LogP contribution in [-0.2, 0) is 0 Å². The van der Waals surface area contributed by atoms with E-state index in [2.05, 4.69) is 0 Å². The molecule has 0 aromatic heterocycles. The second kappa shape index (κ2) is 25.0. The first kappa shape index (κ1) is 37.2. The minimum Gasteiger partial charge on any atom is -0.147 e. The van der Waals surface area contributed by atoms with Crippen molar-refractivity contribution in [2.75, 3.05) is 0 Å². The van der Waals surface area contributed by atoms with Crippen molar-refractivity contribution in [3.05, 3.63) is 0 Å². The summed E-state index contributed by atoms with van der Waals surface area (Å²) in [4.78, 5) is 0. The topological polar surface area (TPSA) is 0 Å². The molecule has 0 N–H and O–H groups in total. The molecular weight excluding hydrogens is 416 g/mol. The van der Waals surface area contributed by atoms with Gasteiger partial charge >= 0.3 is 0 Å². The van der Waals surface area contributed by atoms with Crippen LogP contribution in [-0.4, -0.2) is 0 Å². The van der Waals surface area contributed by atoms with Gasteiger partial charge in [-0.1, -0.05) is 0 Å². The number of halogens is 3. The minimum atomic E-state index is 0. The molecular formula is H3Cl3EuGd. The summed E-state index contributed by atoms with van der Waals surface area (Å²) in [5.41, 5.74) is 0. The van der Waals surface area contributed by atoms with Gasteiger partial charge in [-0.3, -0.25) is 0 Å². The van der Waals surface area contributed by atoms with Gasteiger partial charge in [-0.2, -0.15) is 0 Å². The molecule has 0 saturated heterocycles. The van der Waals surface area contributed by atoms with Crippen LogP contribution in [0.1, 0.15) is 0 Å². The van der Waals surface area contributed by atoms with E-state index in [4.69, 9.17) is 0 Å². The Morgan fingerprint density at radius 1 is 0.600 bits per heavy atom. The van der Waals surface area contributed by atoms with E-state index >= 15 is 0 Å². The molecule has 0 aliphatic rings. The fourth-order valence-corrected chi connectivity index (χ4v) is 0. The Kier molecular flexibility index (Phi) is 186. The van der Waals surface area contributed by atoms with Crippen LogP contribution in [0, 0.1) is 89.3 Å². The van der Waals surface area contributed by atoms with Crippen molar-refractivity contribution in [3.63, 3.8) is 0 Å². The van der Waals surface area contributed by atoms with Gasteiger partial charge in [0.05, 0.1) is 0 Å². The molecule has 0 fully saturated rings. The van der Waals surface area contributed by atoms with Gasteiger partial charge in [-0.25, -0.2) is 0 Å². The SMILES string of the molecule is Cl.Cl.Cl.[Eu].[Gd]. The maximum absolute atomic E-state index is 0. The van der Waals surface area contributed by atoms with Crippen molar-refractivity contribution < 1.29 is 89.3 Å².